The molecule has 0 aromatic carbocycles. The summed E-state index contributed by atoms with van der Waals surface area (Å²) < 4.78 is 0. The summed E-state index contributed by atoms with van der Waals surface area (Å²) in [5.74, 6) is 0.146. The molecule has 0 spiro atoms. The van der Waals surface area contributed by atoms with E-state index < -0.39 is 5.92 Å². The summed E-state index contributed by atoms with van der Waals surface area (Å²) in [5.41, 5.74) is 0. The normalized spacial score (nSPS) is 27.8. The van der Waals surface area contributed by atoms with Gasteiger partial charge in [-0.1, -0.05) is 26.7 Å². The van der Waals surface area contributed by atoms with Crippen molar-refractivity contribution >= 4 is 5.91 Å². The third-order valence-electron chi connectivity index (χ3n) is 3.16. The summed E-state index contributed by atoms with van der Waals surface area (Å²) in [6.45, 7) is 4.09. The van der Waals surface area contributed by atoms with E-state index in [1.54, 1.807) is 0 Å². The first kappa shape index (κ1) is 12.0. The molecule has 1 saturated carbocycles. The Labute approximate surface area is 91.9 Å². The van der Waals surface area contributed by atoms with E-state index in [2.05, 4.69) is 12.2 Å². The Bertz CT molecular complexity index is 257. The number of rotatable bonds is 3. The molecule has 1 aliphatic carbocycles. The zero-order chi connectivity index (χ0) is 11.3. The van der Waals surface area contributed by atoms with Crippen LogP contribution in [0.25, 0.3) is 0 Å². The molecule has 84 valence electrons. The van der Waals surface area contributed by atoms with E-state index in [4.69, 9.17) is 5.26 Å². The molecule has 0 saturated heterocycles. The first-order valence-corrected chi connectivity index (χ1v) is 5.87. The maximum absolute atomic E-state index is 11.6. The number of amides is 1. The second-order valence-electron chi connectivity index (χ2n) is 4.57. The SMILES string of the molecule is CCC(C#N)C(=O)NC1CCCC(C)C1. The fraction of sp³-hybridized carbons (Fsp3) is 0.833. The lowest BCUT2D eigenvalue weighted by Gasteiger charge is -2.28. The summed E-state index contributed by atoms with van der Waals surface area (Å²) in [6.07, 6.45) is 5.19. The lowest BCUT2D eigenvalue weighted by molar-refractivity contribution is -0.124. The number of nitrogens with zero attached hydrogens (tertiary/aromatic N) is 1. The van der Waals surface area contributed by atoms with Crippen LogP contribution in [0.3, 0.4) is 0 Å². The molecule has 1 fully saturated rings. The van der Waals surface area contributed by atoms with Crippen LogP contribution in [0.2, 0.25) is 0 Å². The number of hydrogen-bond acceptors (Lipinski definition) is 2. The van der Waals surface area contributed by atoms with Crippen LogP contribution in [0, 0.1) is 23.2 Å². The van der Waals surface area contributed by atoms with Crippen LogP contribution in [-0.4, -0.2) is 11.9 Å². The van der Waals surface area contributed by atoms with Crippen molar-refractivity contribution < 1.29 is 4.79 Å². The van der Waals surface area contributed by atoms with E-state index in [0.29, 0.717) is 18.4 Å². The minimum Gasteiger partial charge on any atom is -0.352 e. The molecule has 15 heavy (non-hydrogen) atoms. The van der Waals surface area contributed by atoms with Gasteiger partial charge in [-0.2, -0.15) is 5.26 Å². The smallest absolute Gasteiger partial charge is 0.237 e. The molecule has 1 rings (SSSR count). The van der Waals surface area contributed by atoms with E-state index in [9.17, 15) is 4.79 Å². The number of carbonyl (C=O) groups excluding carboxylic acids is 1. The van der Waals surface area contributed by atoms with Crippen molar-refractivity contribution in [3.63, 3.8) is 0 Å². The van der Waals surface area contributed by atoms with Crippen molar-refractivity contribution in [2.45, 2.75) is 52.0 Å². The van der Waals surface area contributed by atoms with Crippen molar-refractivity contribution in [3.8, 4) is 6.07 Å². The zero-order valence-corrected chi connectivity index (χ0v) is 9.62. The lowest BCUT2D eigenvalue weighted by Crippen LogP contribution is -2.40. The molecule has 1 N–H and O–H groups in total. The maximum atomic E-state index is 11.6. The van der Waals surface area contributed by atoms with Gasteiger partial charge in [-0.25, -0.2) is 0 Å². The molecule has 1 aliphatic rings. The van der Waals surface area contributed by atoms with Crippen LogP contribution < -0.4 is 5.32 Å². The van der Waals surface area contributed by atoms with Gasteiger partial charge < -0.3 is 5.32 Å². The molecule has 0 aromatic heterocycles. The summed E-state index contributed by atoms with van der Waals surface area (Å²) >= 11 is 0. The first-order chi connectivity index (χ1) is 7.17. The largest absolute Gasteiger partial charge is 0.352 e. The number of hydrogen-bond donors (Lipinski definition) is 1. The minimum atomic E-state index is -0.470. The predicted octanol–water partition coefficient (Wildman–Crippen LogP) is 2.23. The lowest BCUT2D eigenvalue weighted by atomic mass is 9.87. The quantitative estimate of drug-likeness (QED) is 0.773. The van der Waals surface area contributed by atoms with Gasteiger partial charge in [-0.15, -0.1) is 0 Å². The molecule has 0 radical (unpaired) electrons. The van der Waals surface area contributed by atoms with Gasteiger partial charge in [0.25, 0.3) is 0 Å². The summed E-state index contributed by atoms with van der Waals surface area (Å²) in [7, 11) is 0. The van der Waals surface area contributed by atoms with Crippen LogP contribution in [0.1, 0.15) is 46.0 Å². The number of carbonyl (C=O) groups is 1. The van der Waals surface area contributed by atoms with Gasteiger partial charge in [-0.05, 0) is 25.2 Å². The molecule has 1 amide bonds. The van der Waals surface area contributed by atoms with E-state index in [1.165, 1.54) is 12.8 Å². The van der Waals surface area contributed by atoms with Gasteiger partial charge >= 0.3 is 0 Å². The number of nitriles is 1. The van der Waals surface area contributed by atoms with Crippen molar-refractivity contribution in [2.24, 2.45) is 11.8 Å². The van der Waals surface area contributed by atoms with Gasteiger partial charge in [0.15, 0.2) is 0 Å². The summed E-state index contributed by atoms with van der Waals surface area (Å²) in [4.78, 5) is 11.6. The molecule has 0 heterocycles. The average Bonchev–Trinajstić information content (AvgIpc) is 2.19. The highest BCUT2D eigenvalue weighted by atomic mass is 16.1. The predicted molar refractivity (Wildman–Crippen MR) is 59.0 cm³/mol. The molecule has 3 atom stereocenters. The van der Waals surface area contributed by atoms with Crippen molar-refractivity contribution in [1.82, 2.24) is 5.32 Å². The van der Waals surface area contributed by atoms with Crippen LogP contribution in [0.5, 0.6) is 0 Å². The van der Waals surface area contributed by atoms with Crippen LogP contribution in [0.4, 0.5) is 0 Å². The van der Waals surface area contributed by atoms with Crippen LogP contribution in [-0.2, 0) is 4.79 Å². The summed E-state index contributed by atoms with van der Waals surface area (Å²) in [6, 6.07) is 2.34. The van der Waals surface area contributed by atoms with Gasteiger partial charge in [0.1, 0.15) is 5.92 Å². The van der Waals surface area contributed by atoms with Gasteiger partial charge in [0.2, 0.25) is 5.91 Å². The average molecular weight is 208 g/mol. The van der Waals surface area contributed by atoms with Gasteiger partial charge in [0, 0.05) is 6.04 Å². The fourth-order valence-corrected chi connectivity index (χ4v) is 2.20. The minimum absolute atomic E-state index is 0.0842. The monoisotopic (exact) mass is 208 g/mol. The Hall–Kier alpha value is -1.04. The van der Waals surface area contributed by atoms with Crippen LogP contribution >= 0.6 is 0 Å². The molecule has 3 nitrogen and oxygen atoms in total. The van der Waals surface area contributed by atoms with Crippen molar-refractivity contribution in [1.29, 1.82) is 5.26 Å². The number of nitrogens with one attached hydrogen (secondary N) is 1. The molecule has 0 bridgehead atoms. The van der Waals surface area contributed by atoms with Gasteiger partial charge in [0.05, 0.1) is 6.07 Å². The molecule has 0 aliphatic heterocycles. The maximum Gasteiger partial charge on any atom is 0.237 e. The Morgan fingerprint density at radius 3 is 2.87 bits per heavy atom. The second-order valence-corrected chi connectivity index (χ2v) is 4.57. The standard InChI is InChI=1S/C12H20N2O/c1-3-10(8-13)12(15)14-11-6-4-5-9(2)7-11/h9-11H,3-7H2,1-2H3,(H,14,15). The van der Waals surface area contributed by atoms with E-state index in [0.717, 1.165) is 12.8 Å². The van der Waals surface area contributed by atoms with E-state index >= 15 is 0 Å². The van der Waals surface area contributed by atoms with Gasteiger partial charge in [-0.3, -0.25) is 4.79 Å². The highest BCUT2D eigenvalue weighted by molar-refractivity contribution is 5.81. The highest BCUT2D eigenvalue weighted by Crippen LogP contribution is 2.23. The Morgan fingerprint density at radius 1 is 1.60 bits per heavy atom. The molecular formula is C12H20N2O. The third-order valence-corrected chi connectivity index (χ3v) is 3.16. The Kier molecular flexibility index (Phi) is 4.61. The van der Waals surface area contributed by atoms with E-state index in [1.807, 2.05) is 13.0 Å². The Balaban J connectivity index is 2.40. The zero-order valence-electron chi connectivity index (χ0n) is 9.62. The van der Waals surface area contributed by atoms with E-state index in [-0.39, 0.29) is 5.91 Å². The molecule has 3 heteroatoms. The molecule has 0 aromatic rings. The van der Waals surface area contributed by atoms with Crippen molar-refractivity contribution in [3.05, 3.63) is 0 Å². The fourth-order valence-electron chi connectivity index (χ4n) is 2.20. The Morgan fingerprint density at radius 2 is 2.33 bits per heavy atom. The second kappa shape index (κ2) is 5.75. The third kappa shape index (κ3) is 3.54. The summed E-state index contributed by atoms with van der Waals surface area (Å²) in [5, 5.41) is 11.8. The molecular weight excluding hydrogens is 188 g/mol. The first-order valence-electron chi connectivity index (χ1n) is 5.87. The topological polar surface area (TPSA) is 52.9 Å². The van der Waals surface area contributed by atoms with Crippen molar-refractivity contribution in [2.75, 3.05) is 0 Å². The highest BCUT2D eigenvalue weighted by Gasteiger charge is 2.23. The molecule has 3 unspecified atom stereocenters. The van der Waals surface area contributed by atoms with Crippen LogP contribution in [0.15, 0.2) is 0 Å².